The number of aromatic amines is 1. The van der Waals surface area contributed by atoms with Crippen molar-refractivity contribution in [2.45, 2.75) is 0 Å². The molecule has 3 heteroatoms. The fourth-order valence-electron chi connectivity index (χ4n) is 1.99. The third kappa shape index (κ3) is 1.39. The van der Waals surface area contributed by atoms with E-state index in [1.807, 2.05) is 12.1 Å². The van der Waals surface area contributed by atoms with E-state index in [0.29, 0.717) is 0 Å². The summed E-state index contributed by atoms with van der Waals surface area (Å²) >= 11 is 3.47. The highest BCUT2D eigenvalue weighted by Crippen LogP contribution is 2.29. The molecule has 0 bridgehead atoms. The minimum atomic E-state index is 0.873. The quantitative estimate of drug-likeness (QED) is 0.711. The monoisotopic (exact) mass is 275 g/mol. The van der Waals surface area contributed by atoms with Crippen molar-refractivity contribution in [1.82, 2.24) is 4.98 Å². The molecule has 0 saturated heterocycles. The Morgan fingerprint density at radius 2 is 1.69 bits per heavy atom. The molecule has 0 radical (unpaired) electrons. The molecule has 3 rings (SSSR count). The molecule has 0 spiro atoms. The Morgan fingerprint density at radius 3 is 2.44 bits per heavy atom. The molecule has 0 amide bonds. The lowest BCUT2D eigenvalue weighted by atomic mass is 10.1. The third-order valence-electron chi connectivity index (χ3n) is 2.77. The molecule has 2 aromatic carbocycles. The van der Waals surface area contributed by atoms with E-state index >= 15 is 0 Å². The topological polar surface area (TPSA) is 25.0 Å². The van der Waals surface area contributed by atoms with Gasteiger partial charge in [0.2, 0.25) is 0 Å². The van der Waals surface area contributed by atoms with Crippen LogP contribution in [0.5, 0.6) is 5.75 Å². The number of benzene rings is 2. The fraction of sp³-hybridized carbons (Fsp3) is 0.0769. The van der Waals surface area contributed by atoms with Gasteiger partial charge >= 0.3 is 0 Å². The number of ether oxygens (including phenoxy) is 1. The zero-order valence-corrected chi connectivity index (χ0v) is 10.3. The molecule has 0 atom stereocenters. The van der Waals surface area contributed by atoms with Crippen molar-refractivity contribution in [1.29, 1.82) is 0 Å². The van der Waals surface area contributed by atoms with E-state index in [4.69, 9.17) is 4.74 Å². The summed E-state index contributed by atoms with van der Waals surface area (Å²) in [6.45, 7) is 0. The molecule has 0 aliphatic heterocycles. The van der Waals surface area contributed by atoms with Crippen LogP contribution >= 0.6 is 15.9 Å². The van der Waals surface area contributed by atoms with Crippen LogP contribution in [0.4, 0.5) is 0 Å². The highest BCUT2D eigenvalue weighted by molar-refractivity contribution is 9.10. The third-order valence-corrected chi connectivity index (χ3v) is 3.26. The molecule has 80 valence electrons. The first-order valence-corrected chi connectivity index (χ1v) is 5.82. The molecule has 0 aliphatic rings. The molecule has 3 aromatic rings. The van der Waals surface area contributed by atoms with Crippen molar-refractivity contribution in [2.75, 3.05) is 7.11 Å². The number of fused-ring (bicyclic) bond motifs is 3. The Labute approximate surface area is 101 Å². The maximum atomic E-state index is 5.21. The van der Waals surface area contributed by atoms with Crippen LogP contribution in [0.1, 0.15) is 0 Å². The number of rotatable bonds is 1. The van der Waals surface area contributed by atoms with E-state index in [1.54, 1.807) is 7.11 Å². The Bertz CT molecular complexity index is 672. The molecule has 16 heavy (non-hydrogen) atoms. The van der Waals surface area contributed by atoms with Crippen LogP contribution in [-0.4, -0.2) is 12.1 Å². The van der Waals surface area contributed by atoms with E-state index in [9.17, 15) is 0 Å². The van der Waals surface area contributed by atoms with Crippen LogP contribution in [0.2, 0.25) is 0 Å². The fourth-order valence-corrected chi connectivity index (χ4v) is 2.35. The molecule has 0 aliphatic carbocycles. The second-order valence-corrected chi connectivity index (χ2v) is 4.64. The first kappa shape index (κ1) is 9.73. The lowest BCUT2D eigenvalue weighted by Crippen LogP contribution is -1.80. The largest absolute Gasteiger partial charge is 0.497 e. The lowest BCUT2D eigenvalue weighted by Gasteiger charge is -1.98. The van der Waals surface area contributed by atoms with E-state index < -0.39 is 0 Å². The summed E-state index contributed by atoms with van der Waals surface area (Å²) in [7, 11) is 1.68. The Hall–Kier alpha value is -1.48. The van der Waals surface area contributed by atoms with Gasteiger partial charge in [-0.2, -0.15) is 0 Å². The summed E-state index contributed by atoms with van der Waals surface area (Å²) < 4.78 is 6.29. The highest BCUT2D eigenvalue weighted by Gasteiger charge is 2.05. The van der Waals surface area contributed by atoms with Gasteiger partial charge in [-0.05, 0) is 24.3 Å². The zero-order chi connectivity index (χ0) is 11.1. The first-order chi connectivity index (χ1) is 7.78. The second-order valence-electron chi connectivity index (χ2n) is 3.73. The summed E-state index contributed by atoms with van der Waals surface area (Å²) in [5.74, 6) is 0.873. The Balaban J connectivity index is 2.40. The van der Waals surface area contributed by atoms with Gasteiger partial charge in [0.1, 0.15) is 5.75 Å². The average Bonchev–Trinajstić information content (AvgIpc) is 2.64. The standard InChI is InChI=1S/C13H10BrNO/c1-16-9-3-5-11-10-4-2-8(14)6-12(10)15-13(11)7-9/h2-7,15H,1H3. The van der Waals surface area contributed by atoms with Gasteiger partial charge in [-0.25, -0.2) is 0 Å². The van der Waals surface area contributed by atoms with Crippen LogP contribution in [0.15, 0.2) is 40.9 Å². The predicted molar refractivity (Wildman–Crippen MR) is 70.1 cm³/mol. The SMILES string of the molecule is COc1ccc2c(c1)[nH]c1cc(Br)ccc12. The minimum absolute atomic E-state index is 0.873. The van der Waals surface area contributed by atoms with Crippen molar-refractivity contribution in [2.24, 2.45) is 0 Å². The summed E-state index contributed by atoms with van der Waals surface area (Å²) in [6.07, 6.45) is 0. The number of hydrogen-bond donors (Lipinski definition) is 1. The van der Waals surface area contributed by atoms with Crippen LogP contribution in [0.3, 0.4) is 0 Å². The van der Waals surface area contributed by atoms with Crippen molar-refractivity contribution in [3.8, 4) is 5.75 Å². The van der Waals surface area contributed by atoms with Crippen molar-refractivity contribution in [3.63, 3.8) is 0 Å². The van der Waals surface area contributed by atoms with Gasteiger partial charge in [0.15, 0.2) is 0 Å². The lowest BCUT2D eigenvalue weighted by molar-refractivity contribution is 0.415. The zero-order valence-electron chi connectivity index (χ0n) is 8.75. The smallest absolute Gasteiger partial charge is 0.120 e. The molecule has 0 fully saturated rings. The molecule has 1 aromatic heterocycles. The summed E-state index contributed by atoms with van der Waals surface area (Å²) in [4.78, 5) is 3.38. The van der Waals surface area contributed by atoms with Gasteiger partial charge in [-0.15, -0.1) is 0 Å². The molecular formula is C13H10BrNO. The predicted octanol–water partition coefficient (Wildman–Crippen LogP) is 4.09. The summed E-state index contributed by atoms with van der Waals surface area (Å²) in [5.41, 5.74) is 2.24. The normalized spacial score (nSPS) is 11.1. The molecule has 1 N–H and O–H groups in total. The van der Waals surface area contributed by atoms with Gasteiger partial charge in [0, 0.05) is 26.8 Å². The second kappa shape index (κ2) is 3.52. The summed E-state index contributed by atoms with van der Waals surface area (Å²) in [6, 6.07) is 12.3. The minimum Gasteiger partial charge on any atom is -0.497 e. The van der Waals surface area contributed by atoms with E-state index in [0.717, 1.165) is 21.3 Å². The number of hydrogen-bond acceptors (Lipinski definition) is 1. The molecule has 2 nitrogen and oxygen atoms in total. The van der Waals surface area contributed by atoms with Crippen LogP contribution < -0.4 is 4.74 Å². The first-order valence-electron chi connectivity index (χ1n) is 5.03. The van der Waals surface area contributed by atoms with Crippen LogP contribution in [-0.2, 0) is 0 Å². The number of halogens is 1. The molecule has 1 heterocycles. The van der Waals surface area contributed by atoms with Crippen molar-refractivity contribution < 1.29 is 4.74 Å². The molecule has 0 saturated carbocycles. The summed E-state index contributed by atoms with van der Waals surface area (Å²) in [5, 5.41) is 2.46. The number of H-pyrrole nitrogens is 1. The van der Waals surface area contributed by atoms with Gasteiger partial charge < -0.3 is 9.72 Å². The van der Waals surface area contributed by atoms with Crippen LogP contribution in [0.25, 0.3) is 21.8 Å². The van der Waals surface area contributed by atoms with Crippen LogP contribution in [0, 0.1) is 0 Å². The Morgan fingerprint density at radius 1 is 1.00 bits per heavy atom. The number of nitrogens with one attached hydrogen (secondary N) is 1. The van der Waals surface area contributed by atoms with Crippen molar-refractivity contribution >= 4 is 37.7 Å². The van der Waals surface area contributed by atoms with E-state index in [2.05, 4.69) is 45.2 Å². The van der Waals surface area contributed by atoms with Crippen molar-refractivity contribution in [3.05, 3.63) is 40.9 Å². The van der Waals surface area contributed by atoms with Gasteiger partial charge in [0.25, 0.3) is 0 Å². The van der Waals surface area contributed by atoms with Gasteiger partial charge in [-0.3, -0.25) is 0 Å². The van der Waals surface area contributed by atoms with Gasteiger partial charge in [0.05, 0.1) is 12.6 Å². The van der Waals surface area contributed by atoms with E-state index in [-0.39, 0.29) is 0 Å². The maximum Gasteiger partial charge on any atom is 0.120 e. The molecular weight excluding hydrogens is 266 g/mol. The number of methoxy groups -OCH3 is 1. The average molecular weight is 276 g/mol. The number of aromatic nitrogens is 1. The molecule has 0 unspecified atom stereocenters. The Kier molecular flexibility index (Phi) is 2.14. The van der Waals surface area contributed by atoms with E-state index in [1.165, 1.54) is 10.8 Å². The highest BCUT2D eigenvalue weighted by atomic mass is 79.9. The maximum absolute atomic E-state index is 5.21. The van der Waals surface area contributed by atoms with Gasteiger partial charge in [-0.1, -0.05) is 22.0 Å².